The summed E-state index contributed by atoms with van der Waals surface area (Å²) < 4.78 is 11.1. The normalized spacial score (nSPS) is 10.8. The first-order chi connectivity index (χ1) is 10.3. The van der Waals surface area contributed by atoms with Crippen LogP contribution in [0.3, 0.4) is 0 Å². The van der Waals surface area contributed by atoms with Gasteiger partial charge >= 0.3 is 0 Å². The fourth-order valence-electron chi connectivity index (χ4n) is 2.00. The van der Waals surface area contributed by atoms with E-state index in [0.717, 1.165) is 5.56 Å². The van der Waals surface area contributed by atoms with Crippen molar-refractivity contribution >= 4 is 5.78 Å². The van der Waals surface area contributed by atoms with Crippen molar-refractivity contribution in [1.82, 2.24) is 4.98 Å². The maximum atomic E-state index is 12.3. The number of rotatable bonds is 7. The lowest BCUT2D eigenvalue weighted by molar-refractivity contribution is -0.140. The molecule has 0 unspecified atom stereocenters. The van der Waals surface area contributed by atoms with E-state index in [0.29, 0.717) is 24.3 Å². The van der Waals surface area contributed by atoms with Gasteiger partial charge in [0, 0.05) is 42.3 Å². The molecule has 0 aliphatic carbocycles. The van der Waals surface area contributed by atoms with E-state index < -0.39 is 0 Å². The summed E-state index contributed by atoms with van der Waals surface area (Å²) in [6.07, 6.45) is 2.83. The van der Waals surface area contributed by atoms with Gasteiger partial charge in [-0.05, 0) is 26.0 Å². The molecule has 2 aromatic rings. The van der Waals surface area contributed by atoms with E-state index >= 15 is 0 Å². The van der Waals surface area contributed by atoms with Crippen molar-refractivity contribution in [3.8, 4) is 0 Å². The SMILES string of the molecule is CCOC(OCC)c1ccc(C(=O)c2cccnc2)cc1. The van der Waals surface area contributed by atoms with E-state index in [4.69, 9.17) is 9.47 Å². The summed E-state index contributed by atoms with van der Waals surface area (Å²) in [7, 11) is 0. The fraction of sp³-hybridized carbons (Fsp3) is 0.294. The summed E-state index contributed by atoms with van der Waals surface area (Å²) in [6.45, 7) is 4.99. The summed E-state index contributed by atoms with van der Waals surface area (Å²) in [5.41, 5.74) is 2.11. The van der Waals surface area contributed by atoms with Gasteiger partial charge in [0.15, 0.2) is 12.1 Å². The highest BCUT2D eigenvalue weighted by Gasteiger charge is 2.13. The monoisotopic (exact) mass is 285 g/mol. The molecule has 110 valence electrons. The maximum Gasteiger partial charge on any atom is 0.194 e. The summed E-state index contributed by atoms with van der Waals surface area (Å²) in [5, 5.41) is 0. The van der Waals surface area contributed by atoms with Crippen LogP contribution in [0.4, 0.5) is 0 Å². The van der Waals surface area contributed by atoms with Crippen LogP contribution in [0, 0.1) is 0 Å². The molecule has 4 heteroatoms. The van der Waals surface area contributed by atoms with Crippen LogP contribution >= 0.6 is 0 Å². The number of ether oxygens (including phenoxy) is 2. The van der Waals surface area contributed by atoms with Gasteiger partial charge in [-0.25, -0.2) is 0 Å². The molecule has 2 rings (SSSR count). The molecule has 4 nitrogen and oxygen atoms in total. The minimum absolute atomic E-state index is 0.0426. The third kappa shape index (κ3) is 3.97. The van der Waals surface area contributed by atoms with Gasteiger partial charge in [-0.15, -0.1) is 0 Å². The van der Waals surface area contributed by atoms with Crippen LogP contribution in [-0.4, -0.2) is 24.0 Å². The second-order valence-electron chi connectivity index (χ2n) is 4.44. The maximum absolute atomic E-state index is 12.3. The lowest BCUT2D eigenvalue weighted by atomic mass is 10.0. The molecule has 0 radical (unpaired) electrons. The molecule has 0 N–H and O–H groups in total. The minimum atomic E-state index is -0.387. The summed E-state index contributed by atoms with van der Waals surface area (Å²) in [5.74, 6) is -0.0426. The van der Waals surface area contributed by atoms with E-state index in [2.05, 4.69) is 4.98 Å². The molecule has 1 aromatic carbocycles. The number of ketones is 1. The van der Waals surface area contributed by atoms with Crippen molar-refractivity contribution in [2.75, 3.05) is 13.2 Å². The number of nitrogens with zero attached hydrogens (tertiary/aromatic N) is 1. The molecule has 0 spiro atoms. The summed E-state index contributed by atoms with van der Waals surface area (Å²) in [6, 6.07) is 10.8. The first-order valence-electron chi connectivity index (χ1n) is 7.04. The van der Waals surface area contributed by atoms with Gasteiger partial charge in [-0.3, -0.25) is 9.78 Å². The highest BCUT2D eigenvalue weighted by atomic mass is 16.7. The molecule has 0 bridgehead atoms. The van der Waals surface area contributed by atoms with Crippen LogP contribution in [-0.2, 0) is 9.47 Å². The topological polar surface area (TPSA) is 48.4 Å². The van der Waals surface area contributed by atoms with E-state index in [-0.39, 0.29) is 12.1 Å². The van der Waals surface area contributed by atoms with Gasteiger partial charge in [-0.1, -0.05) is 24.3 Å². The van der Waals surface area contributed by atoms with Crippen LogP contribution in [0.5, 0.6) is 0 Å². The van der Waals surface area contributed by atoms with Gasteiger partial charge in [-0.2, -0.15) is 0 Å². The number of carbonyl (C=O) groups excluding carboxylic acids is 1. The number of pyridine rings is 1. The number of benzene rings is 1. The quantitative estimate of drug-likeness (QED) is 0.578. The number of hydrogen-bond acceptors (Lipinski definition) is 4. The van der Waals surface area contributed by atoms with Crippen molar-refractivity contribution in [2.24, 2.45) is 0 Å². The zero-order valence-electron chi connectivity index (χ0n) is 12.3. The molecule has 0 atom stereocenters. The minimum Gasteiger partial charge on any atom is -0.349 e. The van der Waals surface area contributed by atoms with Crippen LogP contribution in [0.25, 0.3) is 0 Å². The highest BCUT2D eigenvalue weighted by molar-refractivity contribution is 6.08. The van der Waals surface area contributed by atoms with E-state index in [1.807, 2.05) is 26.0 Å². The first kappa shape index (κ1) is 15.4. The predicted octanol–water partition coefficient (Wildman–Crippen LogP) is 3.38. The third-order valence-corrected chi connectivity index (χ3v) is 3.00. The molecule has 0 fully saturated rings. The molecule has 0 saturated carbocycles. The smallest absolute Gasteiger partial charge is 0.194 e. The van der Waals surface area contributed by atoms with Gasteiger partial charge in [0.05, 0.1) is 0 Å². The van der Waals surface area contributed by atoms with E-state index in [1.165, 1.54) is 0 Å². The third-order valence-electron chi connectivity index (χ3n) is 3.00. The van der Waals surface area contributed by atoms with Crippen molar-refractivity contribution in [2.45, 2.75) is 20.1 Å². The molecule has 0 saturated heterocycles. The van der Waals surface area contributed by atoms with Crippen LogP contribution in [0.15, 0.2) is 48.8 Å². The Morgan fingerprint density at radius 3 is 2.24 bits per heavy atom. The number of hydrogen-bond donors (Lipinski definition) is 0. The molecular weight excluding hydrogens is 266 g/mol. The Morgan fingerprint density at radius 2 is 1.71 bits per heavy atom. The Morgan fingerprint density at radius 1 is 1.05 bits per heavy atom. The lowest BCUT2D eigenvalue weighted by Crippen LogP contribution is -2.09. The zero-order valence-corrected chi connectivity index (χ0v) is 12.3. The van der Waals surface area contributed by atoms with E-state index in [9.17, 15) is 4.79 Å². The van der Waals surface area contributed by atoms with Crippen molar-refractivity contribution < 1.29 is 14.3 Å². The molecule has 1 heterocycles. The zero-order chi connectivity index (χ0) is 15.1. The Hall–Kier alpha value is -2.04. The molecule has 21 heavy (non-hydrogen) atoms. The molecule has 0 amide bonds. The summed E-state index contributed by atoms with van der Waals surface area (Å²) in [4.78, 5) is 16.2. The Bertz CT molecular complexity index is 560. The van der Waals surface area contributed by atoms with Crippen molar-refractivity contribution in [1.29, 1.82) is 0 Å². The number of aromatic nitrogens is 1. The predicted molar refractivity (Wildman–Crippen MR) is 80.1 cm³/mol. The van der Waals surface area contributed by atoms with E-state index in [1.54, 1.807) is 36.7 Å². The summed E-state index contributed by atoms with van der Waals surface area (Å²) >= 11 is 0. The first-order valence-corrected chi connectivity index (χ1v) is 7.04. The average molecular weight is 285 g/mol. The van der Waals surface area contributed by atoms with Crippen molar-refractivity contribution in [3.63, 3.8) is 0 Å². The standard InChI is InChI=1S/C17H19NO3/c1-3-20-17(21-4-2)14-9-7-13(8-10-14)16(19)15-6-5-11-18-12-15/h5-12,17H,3-4H2,1-2H3. The molecule has 0 aliphatic rings. The second-order valence-corrected chi connectivity index (χ2v) is 4.44. The van der Waals surface area contributed by atoms with Gasteiger partial charge in [0.1, 0.15) is 0 Å². The largest absolute Gasteiger partial charge is 0.349 e. The van der Waals surface area contributed by atoms with Crippen LogP contribution in [0.1, 0.15) is 41.6 Å². The van der Waals surface area contributed by atoms with Gasteiger partial charge in [0.25, 0.3) is 0 Å². The molecule has 0 aliphatic heterocycles. The molecular formula is C17H19NO3. The Kier molecular flexibility index (Phi) is 5.60. The molecule has 1 aromatic heterocycles. The fourth-order valence-corrected chi connectivity index (χ4v) is 2.00. The Labute approximate surface area is 124 Å². The van der Waals surface area contributed by atoms with Crippen LogP contribution in [0.2, 0.25) is 0 Å². The lowest BCUT2D eigenvalue weighted by Gasteiger charge is -2.17. The van der Waals surface area contributed by atoms with Gasteiger partial charge in [0.2, 0.25) is 0 Å². The second kappa shape index (κ2) is 7.67. The Balaban J connectivity index is 2.16. The highest BCUT2D eigenvalue weighted by Crippen LogP contribution is 2.20. The van der Waals surface area contributed by atoms with Crippen LogP contribution < -0.4 is 0 Å². The average Bonchev–Trinajstić information content (AvgIpc) is 2.55. The van der Waals surface area contributed by atoms with Gasteiger partial charge < -0.3 is 9.47 Å². The number of carbonyl (C=O) groups is 1. The van der Waals surface area contributed by atoms with Crippen molar-refractivity contribution in [3.05, 3.63) is 65.5 Å².